The summed E-state index contributed by atoms with van der Waals surface area (Å²) < 4.78 is 10.2. The van der Waals surface area contributed by atoms with Crippen LogP contribution in [0.3, 0.4) is 0 Å². The van der Waals surface area contributed by atoms with E-state index >= 15 is 0 Å². The molecule has 2 N–H and O–H groups in total. The summed E-state index contributed by atoms with van der Waals surface area (Å²) in [7, 11) is 0. The maximum atomic E-state index is 12.3. The Morgan fingerprint density at radius 2 is 1.90 bits per heavy atom. The second-order valence-electron chi connectivity index (χ2n) is 7.47. The van der Waals surface area contributed by atoms with Gasteiger partial charge in [-0.25, -0.2) is 9.59 Å². The number of aromatic nitrogens is 1. The topological polar surface area (TPSA) is 107 Å². The highest BCUT2D eigenvalue weighted by Gasteiger charge is 2.23. The largest absolute Gasteiger partial charge is 0.464 e. The first-order valence-corrected chi connectivity index (χ1v) is 9.44. The van der Waals surface area contributed by atoms with Crippen molar-refractivity contribution in [3.8, 4) is 0 Å². The van der Waals surface area contributed by atoms with E-state index in [0.717, 1.165) is 16.5 Å². The minimum atomic E-state index is -0.897. The van der Waals surface area contributed by atoms with Crippen LogP contribution in [0.25, 0.3) is 10.9 Å². The average Bonchev–Trinajstić information content (AvgIpc) is 2.64. The molecule has 1 atom stereocenters. The van der Waals surface area contributed by atoms with Crippen LogP contribution < -0.4 is 10.6 Å². The van der Waals surface area contributed by atoms with Gasteiger partial charge in [0, 0.05) is 18.0 Å². The third-order valence-electron chi connectivity index (χ3n) is 3.79. The van der Waals surface area contributed by atoms with E-state index in [9.17, 15) is 14.4 Å². The number of nitrogens with one attached hydrogen (secondary N) is 2. The number of amides is 2. The number of fused-ring (bicyclic) bond motifs is 1. The van der Waals surface area contributed by atoms with Gasteiger partial charge < -0.3 is 20.1 Å². The molecule has 0 radical (unpaired) electrons. The van der Waals surface area contributed by atoms with E-state index in [4.69, 9.17) is 9.47 Å². The Hall–Kier alpha value is -3.16. The predicted molar refractivity (Wildman–Crippen MR) is 108 cm³/mol. The molecule has 2 rings (SSSR count). The van der Waals surface area contributed by atoms with Crippen molar-refractivity contribution >= 4 is 28.9 Å². The third kappa shape index (κ3) is 7.40. The number of carbonyl (C=O) groups is 3. The summed E-state index contributed by atoms with van der Waals surface area (Å²) in [6.45, 7) is 6.74. The second kappa shape index (κ2) is 9.86. The van der Waals surface area contributed by atoms with Gasteiger partial charge in [-0.2, -0.15) is 0 Å². The molecule has 2 amide bonds. The van der Waals surface area contributed by atoms with Crippen molar-refractivity contribution in [2.75, 3.05) is 13.2 Å². The van der Waals surface area contributed by atoms with Crippen LogP contribution in [0.4, 0.5) is 4.79 Å². The molecular formula is C21H27N3O5. The van der Waals surface area contributed by atoms with E-state index in [0.29, 0.717) is 0 Å². The van der Waals surface area contributed by atoms with E-state index in [-0.39, 0.29) is 19.6 Å². The van der Waals surface area contributed by atoms with Crippen molar-refractivity contribution in [1.82, 2.24) is 15.6 Å². The maximum Gasteiger partial charge on any atom is 0.408 e. The predicted octanol–water partition coefficient (Wildman–Crippen LogP) is 2.35. The first kappa shape index (κ1) is 22.1. The Bertz CT molecular complexity index is 876. The van der Waals surface area contributed by atoms with Gasteiger partial charge >= 0.3 is 12.1 Å². The standard InChI is InChI=1S/C21H27N3O5/c1-5-28-19(26)17(24-18(25)13-23-20(27)29-21(2,3)4)11-14-10-15-8-6-7-9-16(15)22-12-14/h6-10,12,17H,5,11,13H2,1-4H3,(H,23,27)(H,24,25)/t17-/m0/s1. The van der Waals surface area contributed by atoms with Crippen molar-refractivity contribution in [3.63, 3.8) is 0 Å². The first-order chi connectivity index (χ1) is 13.7. The highest BCUT2D eigenvalue weighted by molar-refractivity contribution is 5.87. The smallest absolute Gasteiger partial charge is 0.408 e. The molecule has 29 heavy (non-hydrogen) atoms. The molecule has 8 nitrogen and oxygen atoms in total. The molecule has 0 aliphatic rings. The molecular weight excluding hydrogens is 374 g/mol. The van der Waals surface area contributed by atoms with E-state index in [1.807, 2.05) is 30.3 Å². The number of hydrogen-bond acceptors (Lipinski definition) is 6. The van der Waals surface area contributed by atoms with Gasteiger partial charge in [0.25, 0.3) is 0 Å². The number of rotatable bonds is 7. The quantitative estimate of drug-likeness (QED) is 0.690. The normalized spacial score (nSPS) is 12.1. The molecule has 0 unspecified atom stereocenters. The molecule has 0 saturated carbocycles. The number of esters is 1. The summed E-state index contributed by atoms with van der Waals surface area (Å²) in [6.07, 6.45) is 1.17. The fourth-order valence-electron chi connectivity index (χ4n) is 2.61. The number of carbonyl (C=O) groups excluding carboxylic acids is 3. The number of para-hydroxylation sites is 1. The summed E-state index contributed by atoms with van der Waals surface area (Å²) in [4.78, 5) is 40.6. The number of nitrogens with zero attached hydrogens (tertiary/aromatic N) is 1. The summed E-state index contributed by atoms with van der Waals surface area (Å²) in [5.41, 5.74) is 0.952. The van der Waals surface area contributed by atoms with Crippen molar-refractivity contribution in [3.05, 3.63) is 42.1 Å². The zero-order valence-corrected chi connectivity index (χ0v) is 17.2. The monoisotopic (exact) mass is 401 g/mol. The summed E-state index contributed by atoms with van der Waals surface area (Å²) in [6, 6.07) is 8.64. The van der Waals surface area contributed by atoms with Crippen LogP contribution in [-0.2, 0) is 25.5 Å². The van der Waals surface area contributed by atoms with Crippen molar-refractivity contribution in [2.24, 2.45) is 0 Å². The molecule has 1 heterocycles. The molecule has 0 bridgehead atoms. The van der Waals surface area contributed by atoms with Crippen LogP contribution >= 0.6 is 0 Å². The molecule has 0 saturated heterocycles. The summed E-state index contributed by atoms with van der Waals surface area (Å²) in [5.74, 6) is -1.08. The summed E-state index contributed by atoms with van der Waals surface area (Å²) >= 11 is 0. The van der Waals surface area contributed by atoms with Gasteiger partial charge in [-0.05, 0) is 45.4 Å². The zero-order valence-electron chi connectivity index (χ0n) is 17.2. The molecule has 2 aromatic rings. The number of alkyl carbamates (subject to hydrolysis) is 1. The fourth-order valence-corrected chi connectivity index (χ4v) is 2.61. The van der Waals surface area contributed by atoms with Gasteiger partial charge in [0.2, 0.25) is 5.91 Å². The molecule has 1 aromatic heterocycles. The van der Waals surface area contributed by atoms with Crippen LogP contribution in [0.15, 0.2) is 36.5 Å². The van der Waals surface area contributed by atoms with E-state index in [1.165, 1.54) is 0 Å². The molecule has 0 fully saturated rings. The van der Waals surface area contributed by atoms with Gasteiger partial charge in [0.05, 0.1) is 12.1 Å². The maximum absolute atomic E-state index is 12.3. The van der Waals surface area contributed by atoms with Crippen LogP contribution in [0.1, 0.15) is 33.3 Å². The third-order valence-corrected chi connectivity index (χ3v) is 3.79. The summed E-state index contributed by atoms with van der Waals surface area (Å²) in [5, 5.41) is 5.91. The number of hydrogen-bond donors (Lipinski definition) is 2. The van der Waals surface area contributed by atoms with Crippen molar-refractivity contribution in [2.45, 2.75) is 45.8 Å². The van der Waals surface area contributed by atoms with E-state index in [2.05, 4.69) is 15.6 Å². The molecule has 1 aromatic carbocycles. The molecule has 156 valence electrons. The Labute approximate surface area is 170 Å². The number of pyridine rings is 1. The van der Waals surface area contributed by atoms with Gasteiger partial charge in [0.15, 0.2) is 0 Å². The SMILES string of the molecule is CCOC(=O)[C@H](Cc1cnc2ccccc2c1)NC(=O)CNC(=O)OC(C)(C)C. The Morgan fingerprint density at radius 1 is 1.17 bits per heavy atom. The lowest BCUT2D eigenvalue weighted by Gasteiger charge is -2.20. The molecule has 8 heteroatoms. The van der Waals surface area contributed by atoms with Gasteiger partial charge in [-0.15, -0.1) is 0 Å². The molecule has 0 aliphatic carbocycles. The molecule has 0 spiro atoms. The van der Waals surface area contributed by atoms with E-state index in [1.54, 1.807) is 33.9 Å². The van der Waals surface area contributed by atoms with Crippen LogP contribution in [0.2, 0.25) is 0 Å². The Kier molecular flexibility index (Phi) is 7.52. The van der Waals surface area contributed by atoms with Gasteiger partial charge in [-0.3, -0.25) is 9.78 Å². The van der Waals surface area contributed by atoms with Crippen LogP contribution in [0, 0.1) is 0 Å². The highest BCUT2D eigenvalue weighted by Crippen LogP contribution is 2.14. The van der Waals surface area contributed by atoms with Gasteiger partial charge in [0.1, 0.15) is 18.2 Å². The Balaban J connectivity index is 2.02. The minimum Gasteiger partial charge on any atom is -0.464 e. The van der Waals surface area contributed by atoms with Gasteiger partial charge in [-0.1, -0.05) is 18.2 Å². The lowest BCUT2D eigenvalue weighted by molar-refractivity contribution is -0.147. The Morgan fingerprint density at radius 3 is 2.59 bits per heavy atom. The molecule has 0 aliphatic heterocycles. The lowest BCUT2D eigenvalue weighted by Crippen LogP contribution is -2.47. The fraction of sp³-hybridized carbons (Fsp3) is 0.429. The highest BCUT2D eigenvalue weighted by atomic mass is 16.6. The number of ether oxygens (including phenoxy) is 2. The van der Waals surface area contributed by atoms with Crippen molar-refractivity contribution < 1.29 is 23.9 Å². The minimum absolute atomic E-state index is 0.192. The van der Waals surface area contributed by atoms with Crippen molar-refractivity contribution in [1.29, 1.82) is 0 Å². The van der Waals surface area contributed by atoms with Crippen LogP contribution in [-0.4, -0.2) is 47.7 Å². The zero-order chi connectivity index (χ0) is 21.4. The van der Waals surface area contributed by atoms with Crippen LogP contribution in [0.5, 0.6) is 0 Å². The lowest BCUT2D eigenvalue weighted by atomic mass is 10.1. The second-order valence-corrected chi connectivity index (χ2v) is 7.47. The van der Waals surface area contributed by atoms with E-state index < -0.39 is 29.6 Å². The number of benzene rings is 1. The average molecular weight is 401 g/mol. The first-order valence-electron chi connectivity index (χ1n) is 9.44.